The first-order chi connectivity index (χ1) is 30.7. The van der Waals surface area contributed by atoms with Gasteiger partial charge in [0, 0.05) is 27.9 Å². The lowest BCUT2D eigenvalue weighted by Gasteiger charge is -2.77. The molecule has 1 heterocycles. The Kier molecular flexibility index (Phi) is 7.11. The summed E-state index contributed by atoms with van der Waals surface area (Å²) in [6.07, 6.45) is 7.98. The van der Waals surface area contributed by atoms with Gasteiger partial charge in [-0.25, -0.2) is 0 Å². The quantitative estimate of drug-likeness (QED) is 0.172. The SMILES string of the molecule is CC1(C)CCC(C)(C)c2cc(N(c3ccc4c(c3)C(c3ccccc3)(c3ccccc3)c3ccccc3-4)c3cccc4c3Oc3ccccc3C43C4CC5CC6CC3C64C5)ccc21. The summed E-state index contributed by atoms with van der Waals surface area (Å²) in [6.45, 7) is 9.79. The van der Waals surface area contributed by atoms with Crippen molar-refractivity contribution in [3.63, 3.8) is 0 Å². The number of hydrogen-bond acceptors (Lipinski definition) is 2. The van der Waals surface area contributed by atoms with Crippen molar-refractivity contribution < 1.29 is 4.74 Å². The molecule has 6 atom stereocenters. The van der Waals surface area contributed by atoms with Gasteiger partial charge in [-0.05, 0) is 159 Å². The van der Waals surface area contributed by atoms with Crippen molar-refractivity contribution in [1.82, 2.24) is 0 Å². The van der Waals surface area contributed by atoms with Crippen molar-refractivity contribution in [3.05, 3.63) is 208 Å². The van der Waals surface area contributed by atoms with Crippen molar-refractivity contribution in [3.8, 4) is 22.6 Å². The van der Waals surface area contributed by atoms with Crippen LogP contribution in [0, 0.1) is 29.1 Å². The molecule has 2 spiro atoms. The molecule has 63 heavy (non-hydrogen) atoms. The Morgan fingerprint density at radius 2 is 1.10 bits per heavy atom. The van der Waals surface area contributed by atoms with Crippen LogP contribution >= 0.6 is 0 Å². The van der Waals surface area contributed by atoms with Crippen LogP contribution in [0.15, 0.2) is 164 Å². The van der Waals surface area contributed by atoms with Gasteiger partial charge >= 0.3 is 0 Å². The first kappa shape index (κ1) is 36.6. The van der Waals surface area contributed by atoms with E-state index in [1.54, 1.807) is 0 Å². The largest absolute Gasteiger partial charge is 0.455 e. The zero-order valence-corrected chi connectivity index (χ0v) is 37.0. The van der Waals surface area contributed by atoms with E-state index >= 15 is 0 Å². The maximum absolute atomic E-state index is 7.42. The van der Waals surface area contributed by atoms with Gasteiger partial charge in [-0.3, -0.25) is 0 Å². The summed E-state index contributed by atoms with van der Waals surface area (Å²) in [5.41, 5.74) is 17.3. The third-order valence-electron chi connectivity index (χ3n) is 18.5. The molecule has 7 aliphatic rings. The maximum Gasteiger partial charge on any atom is 0.155 e. The van der Waals surface area contributed by atoms with Crippen LogP contribution in [0.3, 0.4) is 0 Å². The van der Waals surface area contributed by atoms with E-state index in [0.29, 0.717) is 17.3 Å². The van der Waals surface area contributed by atoms with Gasteiger partial charge in [0.15, 0.2) is 5.75 Å². The van der Waals surface area contributed by atoms with Gasteiger partial charge in [0.25, 0.3) is 0 Å². The predicted octanol–water partition coefficient (Wildman–Crippen LogP) is 15.3. The molecule has 7 aromatic rings. The number of rotatable bonds is 5. The molecule has 2 nitrogen and oxygen atoms in total. The second-order valence-corrected chi connectivity index (χ2v) is 21.9. The molecule has 1 aliphatic heterocycles. The third-order valence-corrected chi connectivity index (χ3v) is 18.5. The Balaban J connectivity index is 1.04. The highest BCUT2D eigenvalue weighted by Crippen LogP contribution is 2.89. The summed E-state index contributed by atoms with van der Waals surface area (Å²) in [6, 6.07) is 62.7. The van der Waals surface area contributed by atoms with Crippen LogP contribution in [0.1, 0.15) is 111 Å². The Morgan fingerprint density at radius 3 is 1.84 bits per heavy atom. The Bertz CT molecular complexity index is 3010. The zero-order chi connectivity index (χ0) is 42.1. The first-order valence-corrected chi connectivity index (χ1v) is 23.9. The lowest BCUT2D eigenvalue weighted by Crippen LogP contribution is -2.74. The molecule has 310 valence electrons. The van der Waals surface area contributed by atoms with E-state index in [1.165, 1.54) is 99.8 Å². The third kappa shape index (κ3) is 4.37. The zero-order valence-electron chi connectivity index (χ0n) is 37.0. The second kappa shape index (κ2) is 12.2. The van der Waals surface area contributed by atoms with E-state index in [9.17, 15) is 0 Å². The molecule has 7 aromatic carbocycles. The number of fused-ring (bicyclic) bond motifs is 11. The van der Waals surface area contributed by atoms with E-state index in [1.807, 2.05) is 0 Å². The van der Waals surface area contributed by atoms with E-state index < -0.39 is 5.41 Å². The van der Waals surface area contributed by atoms with Gasteiger partial charge in [0.2, 0.25) is 0 Å². The molecular weight excluding hydrogens is 763 g/mol. The molecular formula is C61H55NO. The molecule has 2 bridgehead atoms. The summed E-state index contributed by atoms with van der Waals surface area (Å²) in [7, 11) is 0. The minimum absolute atomic E-state index is 0.00521. The fourth-order valence-corrected chi connectivity index (χ4v) is 16.0. The average Bonchev–Trinajstić information content (AvgIpc) is 3.95. The molecule has 0 N–H and O–H groups in total. The normalized spacial score (nSPS) is 28.3. The highest BCUT2D eigenvalue weighted by Gasteiger charge is 2.84. The Morgan fingerprint density at radius 1 is 0.492 bits per heavy atom. The van der Waals surface area contributed by atoms with Gasteiger partial charge < -0.3 is 9.64 Å². The predicted molar refractivity (Wildman–Crippen MR) is 256 cm³/mol. The molecule has 0 amide bonds. The topological polar surface area (TPSA) is 12.5 Å². The monoisotopic (exact) mass is 817 g/mol. The van der Waals surface area contributed by atoms with E-state index in [0.717, 1.165) is 34.7 Å². The minimum Gasteiger partial charge on any atom is -0.455 e. The molecule has 2 heteroatoms. The molecule has 4 fully saturated rings. The summed E-state index contributed by atoms with van der Waals surface area (Å²) in [4.78, 5) is 2.58. The van der Waals surface area contributed by atoms with Gasteiger partial charge in [0.1, 0.15) is 5.75 Å². The number of hydrogen-bond donors (Lipinski definition) is 0. The van der Waals surface area contributed by atoms with Crippen molar-refractivity contribution >= 4 is 17.1 Å². The van der Waals surface area contributed by atoms with E-state index in [4.69, 9.17) is 4.74 Å². The number of para-hydroxylation sites is 2. The van der Waals surface area contributed by atoms with Crippen molar-refractivity contribution in [2.75, 3.05) is 4.90 Å². The van der Waals surface area contributed by atoms with Gasteiger partial charge in [-0.1, -0.05) is 155 Å². The van der Waals surface area contributed by atoms with Gasteiger partial charge in [0.05, 0.1) is 11.1 Å². The number of anilines is 3. The molecule has 14 rings (SSSR count). The smallest absolute Gasteiger partial charge is 0.155 e. The minimum atomic E-state index is -0.504. The van der Waals surface area contributed by atoms with Crippen LogP contribution in [-0.2, 0) is 21.7 Å². The highest BCUT2D eigenvalue weighted by molar-refractivity contribution is 5.91. The van der Waals surface area contributed by atoms with Crippen LogP contribution in [0.4, 0.5) is 17.1 Å². The summed E-state index contributed by atoms with van der Waals surface area (Å²) in [5, 5.41) is 0. The van der Waals surface area contributed by atoms with Crippen LogP contribution < -0.4 is 9.64 Å². The summed E-state index contributed by atoms with van der Waals surface area (Å²) in [5.74, 6) is 5.28. The van der Waals surface area contributed by atoms with Gasteiger partial charge in [-0.2, -0.15) is 0 Å². The molecule has 4 saturated carbocycles. The number of benzene rings is 7. The molecule has 0 aromatic heterocycles. The molecule has 0 saturated heterocycles. The first-order valence-electron chi connectivity index (χ1n) is 23.9. The highest BCUT2D eigenvalue weighted by atomic mass is 16.5. The van der Waals surface area contributed by atoms with Crippen molar-refractivity contribution in [1.29, 1.82) is 0 Å². The van der Waals surface area contributed by atoms with Crippen molar-refractivity contribution in [2.24, 2.45) is 29.1 Å². The van der Waals surface area contributed by atoms with Crippen LogP contribution in [-0.4, -0.2) is 0 Å². The standard InChI is InChI=1S/C61H55NO/c1-57(2)30-31-58(3,4)51-36-43(27-29-47(51)57)62(42-26-28-45-44-20-11-12-21-46(44)60(50(45)35-42,39-16-7-5-8-17-39)40-18-9-6-10-19-40)52-24-15-23-49-56(52)63-53-25-14-13-22-48(53)61(49)54-33-38-32-41-34-55(61)59(41,54)37-38/h5-29,35-36,38,41,54-55H,30-34,37H2,1-4H3. The van der Waals surface area contributed by atoms with Crippen LogP contribution in [0.2, 0.25) is 0 Å². The van der Waals surface area contributed by atoms with Crippen molar-refractivity contribution in [2.45, 2.75) is 87.9 Å². The Labute approximate surface area is 373 Å². The number of nitrogens with zero attached hydrogens (tertiary/aromatic N) is 1. The maximum atomic E-state index is 7.42. The lowest BCUT2D eigenvalue weighted by atomic mass is 9.26. The second-order valence-electron chi connectivity index (χ2n) is 21.9. The van der Waals surface area contributed by atoms with Gasteiger partial charge in [-0.15, -0.1) is 0 Å². The molecule has 6 aliphatic carbocycles. The molecule has 0 radical (unpaired) electrons. The average molecular weight is 818 g/mol. The fraction of sp³-hybridized carbons (Fsp3) is 0.311. The van der Waals surface area contributed by atoms with Crippen LogP contribution in [0.5, 0.6) is 11.5 Å². The van der Waals surface area contributed by atoms with E-state index in [2.05, 4.69) is 196 Å². The van der Waals surface area contributed by atoms with E-state index in [-0.39, 0.29) is 16.2 Å². The lowest BCUT2D eigenvalue weighted by molar-refractivity contribution is -0.235. The Hall–Kier alpha value is -5.86. The summed E-state index contributed by atoms with van der Waals surface area (Å²) < 4.78 is 7.42. The molecule has 6 unspecified atom stereocenters. The van der Waals surface area contributed by atoms with Crippen LogP contribution in [0.25, 0.3) is 11.1 Å². The number of ether oxygens (including phenoxy) is 1. The summed E-state index contributed by atoms with van der Waals surface area (Å²) >= 11 is 0. The fourth-order valence-electron chi connectivity index (χ4n) is 16.0.